The van der Waals surface area contributed by atoms with Crippen LogP contribution < -0.4 is 0 Å². The van der Waals surface area contributed by atoms with Crippen LogP contribution in [0.25, 0.3) is 27.3 Å². The lowest BCUT2D eigenvalue weighted by Crippen LogP contribution is -2.26. The van der Waals surface area contributed by atoms with Gasteiger partial charge in [0, 0.05) is 22.8 Å². The van der Waals surface area contributed by atoms with Gasteiger partial charge in [0.05, 0.1) is 5.39 Å². The molecule has 0 unspecified atom stereocenters. The van der Waals surface area contributed by atoms with Gasteiger partial charge >= 0.3 is 0 Å². The van der Waals surface area contributed by atoms with Crippen LogP contribution in [0.1, 0.15) is 37.6 Å². The van der Waals surface area contributed by atoms with E-state index < -0.39 is 0 Å². The number of thiophene rings is 1. The van der Waals surface area contributed by atoms with E-state index in [1.165, 1.54) is 22.2 Å². The van der Waals surface area contributed by atoms with Gasteiger partial charge in [-0.25, -0.2) is 14.5 Å². The summed E-state index contributed by atoms with van der Waals surface area (Å²) in [5.74, 6) is 1.43. The number of aryl methyl sites for hydroxylation is 1. The Morgan fingerprint density at radius 2 is 2.15 bits per heavy atom. The van der Waals surface area contributed by atoms with Crippen molar-refractivity contribution in [2.24, 2.45) is 11.3 Å². The number of hydrogen-bond donors (Lipinski definition) is 0. The molecule has 4 aromatic rings. The topological polar surface area (TPSA) is 56.0 Å². The van der Waals surface area contributed by atoms with Gasteiger partial charge in [0.15, 0.2) is 11.5 Å². The Balaban J connectivity index is 1.67. The highest BCUT2D eigenvalue weighted by atomic mass is 32.1. The Bertz CT molecular complexity index is 1100. The normalized spacial score (nSPS) is 17.7. The fourth-order valence-corrected chi connectivity index (χ4v) is 5.19. The van der Waals surface area contributed by atoms with Gasteiger partial charge in [-0.1, -0.05) is 20.8 Å². The third-order valence-corrected chi connectivity index (χ3v) is 6.69. The summed E-state index contributed by atoms with van der Waals surface area (Å²) in [5, 5.41) is 5.82. The van der Waals surface area contributed by atoms with Gasteiger partial charge in [0.1, 0.15) is 11.2 Å². The molecule has 1 atom stereocenters. The Labute approximate surface area is 156 Å². The predicted molar refractivity (Wildman–Crippen MR) is 104 cm³/mol. The number of rotatable bonds is 1. The van der Waals surface area contributed by atoms with Gasteiger partial charge in [0.2, 0.25) is 0 Å². The van der Waals surface area contributed by atoms with Crippen molar-refractivity contribution in [3.05, 3.63) is 41.3 Å². The van der Waals surface area contributed by atoms with Crippen molar-refractivity contribution in [3.63, 3.8) is 0 Å². The monoisotopic (exact) mass is 363 g/mol. The molecule has 0 fully saturated rings. The number of hydrogen-bond acceptors (Lipinski definition) is 5. The Hall–Kier alpha value is -2.34. The molecule has 0 aliphatic heterocycles. The van der Waals surface area contributed by atoms with E-state index in [9.17, 15) is 0 Å². The molecule has 0 saturated carbocycles. The first-order valence-electron chi connectivity index (χ1n) is 9.07. The number of nitrogens with zero attached hydrogens (tertiary/aromatic N) is 5. The molecule has 1 aliphatic carbocycles. The van der Waals surface area contributed by atoms with Crippen molar-refractivity contribution in [1.82, 2.24) is 24.6 Å². The largest absolute Gasteiger partial charge is 0.264 e. The summed E-state index contributed by atoms with van der Waals surface area (Å²) in [6, 6.07) is 3.90. The molecular formula is C20H21N5S. The second kappa shape index (κ2) is 5.58. The average molecular weight is 363 g/mol. The lowest BCUT2D eigenvalue weighted by atomic mass is 9.72. The zero-order valence-electron chi connectivity index (χ0n) is 15.2. The maximum atomic E-state index is 4.84. The molecule has 0 amide bonds. The van der Waals surface area contributed by atoms with Crippen molar-refractivity contribution in [2.45, 2.75) is 40.0 Å². The van der Waals surface area contributed by atoms with Crippen LogP contribution in [0, 0.1) is 11.3 Å². The molecule has 0 saturated heterocycles. The highest BCUT2D eigenvalue weighted by Gasteiger charge is 2.31. The van der Waals surface area contributed by atoms with Gasteiger partial charge in [-0.05, 0) is 48.3 Å². The van der Waals surface area contributed by atoms with Gasteiger partial charge in [-0.2, -0.15) is 0 Å². The van der Waals surface area contributed by atoms with Gasteiger partial charge in [-0.3, -0.25) is 4.98 Å². The minimum atomic E-state index is 0.346. The fourth-order valence-electron chi connectivity index (χ4n) is 3.93. The van der Waals surface area contributed by atoms with Crippen LogP contribution in [0.15, 0.2) is 30.9 Å². The Morgan fingerprint density at radius 3 is 2.92 bits per heavy atom. The van der Waals surface area contributed by atoms with E-state index in [0.29, 0.717) is 11.2 Å². The molecule has 5 nitrogen and oxygen atoms in total. The summed E-state index contributed by atoms with van der Waals surface area (Å²) in [7, 11) is 0. The van der Waals surface area contributed by atoms with Crippen molar-refractivity contribution >= 4 is 27.2 Å². The van der Waals surface area contributed by atoms with Crippen LogP contribution in [0.3, 0.4) is 0 Å². The molecule has 0 bridgehead atoms. The summed E-state index contributed by atoms with van der Waals surface area (Å²) in [4.78, 5) is 16.3. The van der Waals surface area contributed by atoms with Crippen molar-refractivity contribution in [2.75, 3.05) is 0 Å². The van der Waals surface area contributed by atoms with Crippen LogP contribution >= 0.6 is 11.3 Å². The van der Waals surface area contributed by atoms with Crippen molar-refractivity contribution in [1.29, 1.82) is 0 Å². The minimum absolute atomic E-state index is 0.346. The maximum absolute atomic E-state index is 4.84. The van der Waals surface area contributed by atoms with Crippen LogP contribution in [0.4, 0.5) is 0 Å². The zero-order valence-corrected chi connectivity index (χ0v) is 16.0. The predicted octanol–water partition coefficient (Wildman–Crippen LogP) is 4.55. The van der Waals surface area contributed by atoms with E-state index in [2.05, 4.69) is 35.8 Å². The maximum Gasteiger partial charge on any atom is 0.183 e. The van der Waals surface area contributed by atoms with E-state index in [4.69, 9.17) is 4.98 Å². The van der Waals surface area contributed by atoms with Crippen LogP contribution in [0.2, 0.25) is 0 Å². The molecular weight excluding hydrogens is 342 g/mol. The third-order valence-electron chi connectivity index (χ3n) is 5.53. The summed E-state index contributed by atoms with van der Waals surface area (Å²) < 4.78 is 1.81. The molecule has 6 heteroatoms. The van der Waals surface area contributed by atoms with E-state index >= 15 is 0 Å². The molecule has 0 aromatic carbocycles. The molecule has 4 aromatic heterocycles. The first-order chi connectivity index (χ1) is 12.5. The summed E-state index contributed by atoms with van der Waals surface area (Å²) in [5.41, 5.74) is 3.63. The van der Waals surface area contributed by atoms with Crippen LogP contribution in [-0.2, 0) is 12.8 Å². The average Bonchev–Trinajstić information content (AvgIpc) is 3.21. The van der Waals surface area contributed by atoms with Crippen LogP contribution in [-0.4, -0.2) is 24.6 Å². The quantitative estimate of drug-likeness (QED) is 0.498. The summed E-state index contributed by atoms with van der Waals surface area (Å²) in [6.45, 7) is 7.06. The van der Waals surface area contributed by atoms with E-state index in [1.54, 1.807) is 18.7 Å². The second-order valence-electron chi connectivity index (χ2n) is 8.18. The lowest BCUT2D eigenvalue weighted by Gasteiger charge is -2.33. The molecule has 0 radical (unpaired) electrons. The molecule has 132 valence electrons. The van der Waals surface area contributed by atoms with Crippen molar-refractivity contribution < 1.29 is 0 Å². The Morgan fingerprint density at radius 1 is 1.27 bits per heavy atom. The lowest BCUT2D eigenvalue weighted by molar-refractivity contribution is 0.218. The van der Waals surface area contributed by atoms with Gasteiger partial charge in [-0.15, -0.1) is 16.4 Å². The highest BCUT2D eigenvalue weighted by Crippen LogP contribution is 2.43. The van der Waals surface area contributed by atoms with E-state index in [-0.39, 0.29) is 0 Å². The first kappa shape index (κ1) is 15.9. The SMILES string of the molecule is CC(C)(C)[C@@H]1CCc2c(sc3ncn4nc(-c5cccnc5)nc4c23)C1. The summed E-state index contributed by atoms with van der Waals surface area (Å²) in [6.07, 6.45) is 8.83. The fraction of sp³-hybridized carbons (Fsp3) is 0.400. The van der Waals surface area contributed by atoms with Gasteiger partial charge in [0.25, 0.3) is 0 Å². The third kappa shape index (κ3) is 2.43. The zero-order chi connectivity index (χ0) is 17.9. The first-order valence-corrected chi connectivity index (χ1v) is 9.88. The molecule has 4 heterocycles. The molecule has 1 aliphatic rings. The van der Waals surface area contributed by atoms with Crippen molar-refractivity contribution in [3.8, 4) is 11.4 Å². The summed E-state index contributed by atoms with van der Waals surface area (Å²) >= 11 is 1.83. The molecule has 0 spiro atoms. The number of aromatic nitrogens is 5. The Kier molecular flexibility index (Phi) is 3.41. The van der Waals surface area contributed by atoms with Crippen LogP contribution in [0.5, 0.6) is 0 Å². The van der Waals surface area contributed by atoms with Gasteiger partial charge < -0.3 is 0 Å². The molecule has 0 N–H and O–H groups in total. The molecule has 26 heavy (non-hydrogen) atoms. The second-order valence-corrected chi connectivity index (χ2v) is 9.26. The smallest absolute Gasteiger partial charge is 0.183 e. The van der Waals surface area contributed by atoms with E-state index in [0.717, 1.165) is 34.8 Å². The molecule has 5 rings (SSSR count). The number of pyridine rings is 1. The standard InChI is InChI=1S/C20H21N5S/c1-20(2,3)13-6-7-14-15(9-13)26-19-16(14)18-23-17(24-25(18)11-22-19)12-5-4-8-21-10-12/h4-5,8,10-11,13H,6-7,9H2,1-3H3/t13-/m1/s1. The van der Waals surface area contributed by atoms with E-state index in [1.807, 2.05) is 28.0 Å². The highest BCUT2D eigenvalue weighted by molar-refractivity contribution is 7.19. The minimum Gasteiger partial charge on any atom is -0.264 e. The number of fused-ring (bicyclic) bond motifs is 5.